The molecule has 0 aliphatic carbocycles. The molecule has 4 aliphatic heterocycles. The number of carbonyl (C=O) groups is 2. The van der Waals surface area contributed by atoms with E-state index < -0.39 is 18.0 Å². The molecule has 8 nitrogen and oxygen atoms in total. The molecule has 1 unspecified atom stereocenters. The van der Waals surface area contributed by atoms with Crippen LogP contribution in [0.5, 0.6) is 0 Å². The van der Waals surface area contributed by atoms with E-state index in [1.165, 1.54) is 4.90 Å². The van der Waals surface area contributed by atoms with Crippen LogP contribution in [0, 0.1) is 17.8 Å². The fraction of sp³-hybridized carbons (Fsp3) is 0.737. The van der Waals surface area contributed by atoms with Gasteiger partial charge in [0.15, 0.2) is 0 Å². The number of amidine groups is 1. The van der Waals surface area contributed by atoms with Gasteiger partial charge in [0, 0.05) is 54.7 Å². The lowest BCUT2D eigenvalue weighted by Gasteiger charge is -2.46. The summed E-state index contributed by atoms with van der Waals surface area (Å²) < 4.78 is 0. The van der Waals surface area contributed by atoms with Gasteiger partial charge in [-0.15, -0.1) is 11.8 Å². The van der Waals surface area contributed by atoms with Gasteiger partial charge in [0.1, 0.15) is 5.70 Å². The number of hydrogen-bond acceptors (Lipinski definition) is 7. The molecule has 2 fully saturated rings. The predicted octanol–water partition coefficient (Wildman–Crippen LogP) is 0.195. The van der Waals surface area contributed by atoms with Crippen LogP contribution in [0.1, 0.15) is 20.8 Å². The van der Waals surface area contributed by atoms with Crippen molar-refractivity contribution < 1.29 is 19.8 Å². The Hall–Kier alpha value is -1.58. The maximum Gasteiger partial charge on any atom is 0.353 e. The minimum absolute atomic E-state index is 0.0534. The summed E-state index contributed by atoms with van der Waals surface area (Å²) in [7, 11) is 0. The van der Waals surface area contributed by atoms with Crippen LogP contribution in [0.25, 0.3) is 0 Å². The summed E-state index contributed by atoms with van der Waals surface area (Å²) in [5, 5.41) is 23.3. The van der Waals surface area contributed by atoms with Crippen molar-refractivity contribution in [2.24, 2.45) is 22.7 Å². The number of amides is 1. The van der Waals surface area contributed by atoms with E-state index in [0.717, 1.165) is 43.5 Å². The van der Waals surface area contributed by atoms with Gasteiger partial charge < -0.3 is 25.3 Å². The molecule has 0 aromatic rings. The van der Waals surface area contributed by atoms with Crippen molar-refractivity contribution in [2.45, 2.75) is 38.2 Å². The van der Waals surface area contributed by atoms with Crippen LogP contribution >= 0.6 is 11.8 Å². The average molecular weight is 409 g/mol. The van der Waals surface area contributed by atoms with Crippen LogP contribution in [0.15, 0.2) is 15.6 Å². The molecule has 0 aromatic heterocycles. The van der Waals surface area contributed by atoms with E-state index in [-0.39, 0.29) is 23.6 Å². The third kappa shape index (κ3) is 3.23. The Morgan fingerprint density at radius 1 is 1.43 bits per heavy atom. The second-order valence-corrected chi connectivity index (χ2v) is 9.75. The van der Waals surface area contributed by atoms with E-state index in [0.29, 0.717) is 11.2 Å². The van der Waals surface area contributed by atoms with Gasteiger partial charge in [-0.25, -0.2) is 4.79 Å². The zero-order valence-corrected chi connectivity index (χ0v) is 17.3. The maximum atomic E-state index is 12.4. The molecule has 3 N–H and O–H groups in total. The molecular formula is C19H28N4O4S. The molecule has 4 heterocycles. The van der Waals surface area contributed by atoms with Crippen molar-refractivity contribution in [3.63, 3.8) is 0 Å². The van der Waals surface area contributed by atoms with E-state index in [2.05, 4.69) is 15.2 Å². The highest BCUT2D eigenvalue weighted by atomic mass is 32.2. The van der Waals surface area contributed by atoms with Gasteiger partial charge in [-0.05, 0) is 13.8 Å². The lowest BCUT2D eigenvalue weighted by atomic mass is 9.79. The van der Waals surface area contributed by atoms with Crippen molar-refractivity contribution >= 4 is 29.5 Å². The van der Waals surface area contributed by atoms with E-state index in [4.69, 9.17) is 0 Å². The summed E-state index contributed by atoms with van der Waals surface area (Å²) in [6.07, 6.45) is -0.759. The molecule has 1 amide bonds. The van der Waals surface area contributed by atoms with Gasteiger partial charge >= 0.3 is 5.97 Å². The van der Waals surface area contributed by atoms with Crippen molar-refractivity contribution in [3.8, 4) is 0 Å². The monoisotopic (exact) mass is 408 g/mol. The van der Waals surface area contributed by atoms with Crippen LogP contribution < -0.4 is 5.32 Å². The Morgan fingerprint density at radius 2 is 2.14 bits per heavy atom. The Labute approximate surface area is 169 Å². The molecule has 0 radical (unpaired) electrons. The molecule has 9 heteroatoms. The van der Waals surface area contributed by atoms with Gasteiger partial charge in [-0.1, -0.05) is 6.92 Å². The molecule has 0 spiro atoms. The highest BCUT2D eigenvalue weighted by Crippen LogP contribution is 2.51. The molecular weight excluding hydrogens is 380 g/mol. The van der Waals surface area contributed by atoms with E-state index in [1.54, 1.807) is 18.7 Å². The second-order valence-electron chi connectivity index (χ2n) is 8.40. The number of carboxylic acid groups (broad SMARTS) is 1. The summed E-state index contributed by atoms with van der Waals surface area (Å²) >= 11 is 1.61. The molecule has 4 rings (SSSR count). The highest BCUT2D eigenvalue weighted by Gasteiger charge is 2.60. The van der Waals surface area contributed by atoms with E-state index in [1.807, 2.05) is 13.8 Å². The topological polar surface area (TPSA) is 105 Å². The van der Waals surface area contributed by atoms with Crippen LogP contribution in [0.4, 0.5) is 0 Å². The summed E-state index contributed by atoms with van der Waals surface area (Å²) in [6.45, 7) is 10.2. The highest BCUT2D eigenvalue weighted by molar-refractivity contribution is 8.03. The minimum Gasteiger partial charge on any atom is -0.477 e. The molecule has 2 saturated heterocycles. The van der Waals surface area contributed by atoms with Crippen molar-refractivity contribution in [1.29, 1.82) is 0 Å². The smallest absolute Gasteiger partial charge is 0.353 e. The van der Waals surface area contributed by atoms with Crippen molar-refractivity contribution in [2.75, 3.05) is 32.7 Å². The maximum absolute atomic E-state index is 12.4. The number of likely N-dealkylation sites (tertiary alicyclic amines) is 1. The number of rotatable bonds is 6. The molecule has 0 saturated carbocycles. The zero-order chi connectivity index (χ0) is 20.2. The van der Waals surface area contributed by atoms with Crippen molar-refractivity contribution in [3.05, 3.63) is 10.6 Å². The lowest BCUT2D eigenvalue weighted by Crippen LogP contribution is -2.63. The first kappa shape index (κ1) is 19.7. The Kier molecular flexibility index (Phi) is 5.18. The Morgan fingerprint density at radius 3 is 2.71 bits per heavy atom. The van der Waals surface area contributed by atoms with E-state index >= 15 is 0 Å². The molecule has 0 aromatic carbocycles. The van der Waals surface area contributed by atoms with Gasteiger partial charge in [-0.2, -0.15) is 0 Å². The molecule has 28 heavy (non-hydrogen) atoms. The summed E-state index contributed by atoms with van der Waals surface area (Å²) in [6, 6.07) is -0.230. The van der Waals surface area contributed by atoms with Crippen molar-refractivity contribution in [1.82, 2.24) is 15.1 Å². The fourth-order valence-corrected chi connectivity index (χ4v) is 6.35. The quantitative estimate of drug-likeness (QED) is 0.539. The molecule has 4 aliphatic rings. The van der Waals surface area contributed by atoms with Gasteiger partial charge in [0.2, 0.25) is 5.91 Å². The predicted molar refractivity (Wildman–Crippen MR) is 107 cm³/mol. The Balaban J connectivity index is 1.37. The average Bonchev–Trinajstić information content (AvgIpc) is 2.83. The number of aliphatic hydroxyl groups is 1. The number of carbonyl (C=O) groups excluding carboxylic acids is 1. The number of hydrogen-bond donors (Lipinski definition) is 3. The van der Waals surface area contributed by atoms with E-state index in [9.17, 15) is 19.8 Å². The van der Waals surface area contributed by atoms with Crippen LogP contribution in [-0.4, -0.2) is 87.8 Å². The largest absolute Gasteiger partial charge is 0.477 e. The summed E-state index contributed by atoms with van der Waals surface area (Å²) in [5.41, 5.74) is 0.129. The molecule has 0 bridgehead atoms. The SMILES string of the molecule is CC1=NCC(CN2CC(SC3=C(C(=O)O)N4C(=O)[C@H]([C@@H](C)O)[C@H]4[C@H]3C)C2)CN1. The molecule has 154 valence electrons. The number of aliphatic imine (C=N–C) groups is 1. The standard InChI is InChI=1S/C19H28N4O4S/c1-9-15-14(10(2)24)18(25)23(15)16(19(26)27)17(9)28-13-7-22(8-13)6-12-4-20-11(3)21-5-12/h9-10,12-15,24H,4-8H2,1-3H3,(H,20,21)(H,26,27)/t9-,10-,14-,15-/m1/s1. The van der Waals surface area contributed by atoms with Gasteiger partial charge in [0.05, 0.1) is 23.9 Å². The third-order valence-electron chi connectivity index (χ3n) is 6.28. The number of carboxylic acids is 1. The van der Waals surface area contributed by atoms with Gasteiger partial charge in [-0.3, -0.25) is 9.79 Å². The van der Waals surface area contributed by atoms with Crippen LogP contribution in [-0.2, 0) is 9.59 Å². The number of β-lactam (4-membered cyclic amide) rings is 1. The first-order chi connectivity index (χ1) is 13.3. The minimum atomic E-state index is -1.05. The van der Waals surface area contributed by atoms with Crippen LogP contribution in [0.2, 0.25) is 0 Å². The number of aliphatic hydroxyl groups excluding tert-OH is 1. The zero-order valence-electron chi connectivity index (χ0n) is 16.5. The van der Waals surface area contributed by atoms with Gasteiger partial charge in [0.25, 0.3) is 0 Å². The molecule has 5 atom stereocenters. The fourth-order valence-electron chi connectivity index (χ4n) is 4.77. The first-order valence-electron chi connectivity index (χ1n) is 9.90. The first-order valence-corrected chi connectivity index (χ1v) is 10.8. The number of nitrogens with one attached hydrogen (secondary N) is 1. The summed E-state index contributed by atoms with van der Waals surface area (Å²) in [5.74, 6) is -0.348. The normalized spacial score (nSPS) is 34.4. The Bertz CT molecular complexity index is 746. The number of aliphatic carboxylic acids is 1. The van der Waals surface area contributed by atoms with Crippen LogP contribution in [0.3, 0.4) is 0 Å². The number of thioether (sulfide) groups is 1. The number of fused-ring (bicyclic) bond motifs is 1. The second kappa shape index (κ2) is 7.35. The lowest BCUT2D eigenvalue weighted by molar-refractivity contribution is -0.163. The number of nitrogens with zero attached hydrogens (tertiary/aromatic N) is 3. The third-order valence-corrected chi connectivity index (χ3v) is 7.73. The summed E-state index contributed by atoms with van der Waals surface area (Å²) in [4.78, 5) is 33.3.